The summed E-state index contributed by atoms with van der Waals surface area (Å²) in [6, 6.07) is 15.7. The Kier molecular flexibility index (Phi) is 7.27. The number of rotatable bonds is 7. The van der Waals surface area contributed by atoms with E-state index in [0.29, 0.717) is 23.2 Å². The Morgan fingerprint density at radius 1 is 1.12 bits per heavy atom. The number of hydrogen-bond acceptors (Lipinski definition) is 6. The minimum Gasteiger partial charge on any atom is -0.507 e. The molecule has 0 spiro atoms. The minimum atomic E-state index is -0.764. The van der Waals surface area contributed by atoms with Crippen molar-refractivity contribution in [2.45, 2.75) is 32.1 Å². The number of primary amides is 1. The first-order chi connectivity index (χ1) is 16.5. The van der Waals surface area contributed by atoms with Crippen LogP contribution in [0.4, 0.5) is 4.79 Å². The van der Waals surface area contributed by atoms with Crippen LogP contribution >= 0.6 is 0 Å². The fourth-order valence-corrected chi connectivity index (χ4v) is 4.81. The number of likely N-dealkylation sites (tertiary alicyclic amines) is 1. The number of nitrogens with zero attached hydrogens (tertiary/aromatic N) is 2. The minimum absolute atomic E-state index is 0.0972. The first-order valence-corrected chi connectivity index (χ1v) is 11.6. The summed E-state index contributed by atoms with van der Waals surface area (Å²) < 4.78 is 5.64. The third-order valence-electron chi connectivity index (χ3n) is 6.47. The summed E-state index contributed by atoms with van der Waals surface area (Å²) in [7, 11) is 0. The summed E-state index contributed by atoms with van der Waals surface area (Å²) >= 11 is 0. The summed E-state index contributed by atoms with van der Waals surface area (Å²) in [4.78, 5) is 27.0. The van der Waals surface area contributed by atoms with Crippen molar-refractivity contribution in [2.75, 3.05) is 19.6 Å². The molecule has 2 amide bonds. The van der Waals surface area contributed by atoms with E-state index in [4.69, 9.17) is 10.2 Å². The quantitative estimate of drug-likeness (QED) is 0.280. The fraction of sp³-hybridized carbons (Fsp3) is 0.346. The highest BCUT2D eigenvalue weighted by molar-refractivity contribution is 5.89. The molecular formula is C26H30N4O4. The first kappa shape index (κ1) is 23.5. The maximum atomic E-state index is 13.3. The lowest BCUT2D eigenvalue weighted by Crippen LogP contribution is -2.40. The van der Waals surface area contributed by atoms with Crippen molar-refractivity contribution in [2.24, 2.45) is 16.8 Å². The smallest absolute Gasteiger partial charge is 0.343 e. The van der Waals surface area contributed by atoms with E-state index < -0.39 is 17.6 Å². The van der Waals surface area contributed by atoms with Gasteiger partial charge in [-0.2, -0.15) is 5.10 Å². The van der Waals surface area contributed by atoms with Gasteiger partial charge in [-0.15, -0.1) is 0 Å². The van der Waals surface area contributed by atoms with Gasteiger partial charge in [0, 0.05) is 24.1 Å². The van der Waals surface area contributed by atoms with E-state index in [1.807, 2.05) is 30.3 Å². The van der Waals surface area contributed by atoms with Gasteiger partial charge < -0.3 is 20.2 Å². The molecule has 2 aromatic carbocycles. The Hall–Kier alpha value is -3.65. The number of nitrogens with one attached hydrogen (secondary N) is 1. The van der Waals surface area contributed by atoms with Crippen LogP contribution in [0.2, 0.25) is 0 Å². The zero-order valence-electron chi connectivity index (χ0n) is 19.2. The zero-order chi connectivity index (χ0) is 24.1. The summed E-state index contributed by atoms with van der Waals surface area (Å²) in [6.07, 6.45) is 3.39. The van der Waals surface area contributed by atoms with Gasteiger partial charge in [-0.05, 0) is 50.6 Å². The molecule has 1 saturated heterocycles. The van der Waals surface area contributed by atoms with Crippen LogP contribution in [-0.2, 0) is 0 Å². The molecule has 2 unspecified atom stereocenters. The third kappa shape index (κ3) is 5.12. The Morgan fingerprint density at radius 3 is 2.50 bits per heavy atom. The standard InChI is InChI=1S/C26H30N4O4/c1-17(28-29-26(27)33)20(16-30-14-8-3-9-15-30)22(18-10-4-2-5-11-18)23-24(31)19-12-6-7-13-21(19)34-25(23)32/h2,4-7,10-13,20,22,31H,3,8-9,14-16H2,1H3,(H3,27,29,33). The number of para-hydroxylation sites is 1. The van der Waals surface area contributed by atoms with Crippen LogP contribution in [0, 0.1) is 5.92 Å². The zero-order valence-corrected chi connectivity index (χ0v) is 19.2. The molecule has 0 aliphatic carbocycles. The number of fused-ring (bicyclic) bond motifs is 1. The molecule has 1 fully saturated rings. The van der Waals surface area contributed by atoms with Crippen LogP contribution in [-0.4, -0.2) is 41.4 Å². The topological polar surface area (TPSA) is 121 Å². The molecule has 0 bridgehead atoms. The fourth-order valence-electron chi connectivity index (χ4n) is 4.81. The highest BCUT2D eigenvalue weighted by atomic mass is 16.4. The molecule has 4 rings (SSSR count). The predicted octanol–water partition coefficient (Wildman–Crippen LogP) is 3.78. The molecule has 2 heterocycles. The molecule has 8 heteroatoms. The van der Waals surface area contributed by atoms with Crippen LogP contribution < -0.4 is 16.8 Å². The van der Waals surface area contributed by atoms with E-state index >= 15 is 0 Å². The van der Waals surface area contributed by atoms with Gasteiger partial charge in [0.05, 0.1) is 10.9 Å². The summed E-state index contributed by atoms with van der Waals surface area (Å²) in [6.45, 7) is 4.28. The Morgan fingerprint density at radius 2 is 1.79 bits per heavy atom. The Balaban J connectivity index is 1.90. The van der Waals surface area contributed by atoms with Gasteiger partial charge in [-0.25, -0.2) is 15.0 Å². The van der Waals surface area contributed by atoms with Gasteiger partial charge in [0.25, 0.3) is 0 Å². The Labute approximate surface area is 198 Å². The van der Waals surface area contributed by atoms with Crippen molar-refractivity contribution in [3.63, 3.8) is 0 Å². The maximum Gasteiger partial charge on any atom is 0.343 e. The SMILES string of the molecule is CC(=NNC(N)=O)C(CN1CCCCC1)C(c1ccccc1)c1c(O)c2ccccc2oc1=O. The number of hydrazone groups is 1. The lowest BCUT2D eigenvalue weighted by Gasteiger charge is -2.34. The molecule has 0 radical (unpaired) electrons. The average Bonchev–Trinajstić information content (AvgIpc) is 2.85. The lowest BCUT2D eigenvalue weighted by atomic mass is 9.78. The van der Waals surface area contributed by atoms with Gasteiger partial charge in [0.15, 0.2) is 0 Å². The van der Waals surface area contributed by atoms with Crippen LogP contribution in [0.3, 0.4) is 0 Å². The number of nitrogens with two attached hydrogens (primary N) is 1. The van der Waals surface area contributed by atoms with Gasteiger partial charge in [0.1, 0.15) is 11.3 Å². The Bertz CT molecular complexity index is 1230. The number of benzene rings is 2. The van der Waals surface area contributed by atoms with Gasteiger partial charge >= 0.3 is 11.7 Å². The normalized spacial score (nSPS) is 16.8. The van der Waals surface area contributed by atoms with Crippen LogP contribution in [0.15, 0.2) is 68.9 Å². The highest BCUT2D eigenvalue weighted by Gasteiger charge is 2.35. The van der Waals surface area contributed by atoms with Gasteiger partial charge in [0.2, 0.25) is 0 Å². The molecular weight excluding hydrogens is 432 g/mol. The largest absolute Gasteiger partial charge is 0.507 e. The number of carbonyl (C=O) groups excluding carboxylic acids is 1. The van der Waals surface area contributed by atoms with E-state index in [0.717, 1.165) is 31.5 Å². The van der Waals surface area contributed by atoms with Crippen LogP contribution in [0.1, 0.15) is 43.2 Å². The monoisotopic (exact) mass is 462 g/mol. The second-order valence-corrected chi connectivity index (χ2v) is 8.73. The molecule has 2 atom stereocenters. The van der Waals surface area contributed by atoms with Gasteiger partial charge in [-0.1, -0.05) is 48.9 Å². The van der Waals surface area contributed by atoms with Crippen molar-refractivity contribution in [3.05, 3.63) is 76.1 Å². The number of urea groups is 1. The molecule has 1 aliphatic rings. The molecule has 8 nitrogen and oxygen atoms in total. The van der Waals surface area contributed by atoms with Gasteiger partial charge in [-0.3, -0.25) is 0 Å². The molecule has 3 aromatic rings. The van der Waals surface area contributed by atoms with Crippen molar-refractivity contribution in [3.8, 4) is 5.75 Å². The maximum absolute atomic E-state index is 13.3. The summed E-state index contributed by atoms with van der Waals surface area (Å²) in [5.74, 6) is -0.982. The number of amides is 2. The summed E-state index contributed by atoms with van der Waals surface area (Å²) in [5, 5.41) is 16.0. The average molecular weight is 463 g/mol. The van der Waals surface area contributed by atoms with Crippen molar-refractivity contribution in [1.82, 2.24) is 10.3 Å². The second kappa shape index (κ2) is 10.5. The molecule has 0 saturated carbocycles. The molecule has 34 heavy (non-hydrogen) atoms. The van der Waals surface area contributed by atoms with E-state index in [1.54, 1.807) is 31.2 Å². The van der Waals surface area contributed by atoms with Crippen LogP contribution in [0.5, 0.6) is 5.75 Å². The lowest BCUT2D eigenvalue weighted by molar-refractivity contribution is 0.207. The van der Waals surface area contributed by atoms with E-state index in [9.17, 15) is 14.7 Å². The molecule has 178 valence electrons. The summed E-state index contributed by atoms with van der Waals surface area (Å²) in [5.41, 5.74) is 8.95. The van der Waals surface area contributed by atoms with Crippen molar-refractivity contribution >= 4 is 22.7 Å². The van der Waals surface area contributed by atoms with Crippen LogP contribution in [0.25, 0.3) is 11.0 Å². The van der Waals surface area contributed by atoms with Crippen molar-refractivity contribution in [1.29, 1.82) is 0 Å². The number of aromatic hydroxyl groups is 1. The number of hydrogen-bond donors (Lipinski definition) is 3. The third-order valence-corrected chi connectivity index (χ3v) is 6.47. The van der Waals surface area contributed by atoms with E-state index in [-0.39, 0.29) is 17.2 Å². The number of piperidine rings is 1. The molecule has 1 aliphatic heterocycles. The number of carbonyl (C=O) groups is 1. The molecule has 1 aromatic heterocycles. The first-order valence-electron chi connectivity index (χ1n) is 11.6. The van der Waals surface area contributed by atoms with E-state index in [2.05, 4.69) is 15.4 Å². The highest BCUT2D eigenvalue weighted by Crippen LogP contribution is 2.39. The van der Waals surface area contributed by atoms with E-state index in [1.165, 1.54) is 6.42 Å². The molecule has 4 N–H and O–H groups in total. The predicted molar refractivity (Wildman–Crippen MR) is 132 cm³/mol. The van der Waals surface area contributed by atoms with Crippen molar-refractivity contribution < 1.29 is 14.3 Å². The second-order valence-electron chi connectivity index (χ2n) is 8.73.